The number of hydrogen-bond acceptors (Lipinski definition) is 2. The van der Waals surface area contributed by atoms with Gasteiger partial charge in [-0.25, -0.2) is 0 Å². The van der Waals surface area contributed by atoms with Gasteiger partial charge in [-0.3, -0.25) is 0 Å². The van der Waals surface area contributed by atoms with E-state index in [0.29, 0.717) is 0 Å². The van der Waals surface area contributed by atoms with Crippen LogP contribution in [0.4, 0.5) is 0 Å². The Morgan fingerprint density at radius 3 is 2.79 bits per heavy atom. The lowest BCUT2D eigenvalue weighted by atomic mass is 10.2. The maximum Gasteiger partial charge on any atom is 0.123 e. The van der Waals surface area contributed by atoms with Gasteiger partial charge < -0.3 is 22.5 Å². The summed E-state index contributed by atoms with van der Waals surface area (Å²) < 4.78 is 5.21. The quantitative estimate of drug-likeness (QED) is 0.498. The number of halogens is 1. The fraction of sp³-hybridized carbons (Fsp3) is 0.273. The first kappa shape index (κ1) is 13.0. The Balaban J connectivity index is 0.00000169. The highest BCUT2D eigenvalue weighted by atomic mass is 35.5. The van der Waals surface area contributed by atoms with E-state index in [0.717, 1.165) is 18.8 Å². The molecule has 0 aliphatic heterocycles. The monoisotopic (exact) mass is 212 g/mol. The second kappa shape index (κ2) is 7.42. The van der Waals surface area contributed by atoms with E-state index in [1.54, 1.807) is 7.11 Å². The third-order valence-electron chi connectivity index (χ3n) is 1.80. The van der Waals surface area contributed by atoms with Crippen molar-refractivity contribution in [3.63, 3.8) is 0 Å². The summed E-state index contributed by atoms with van der Waals surface area (Å²) in [4.78, 5) is 0. The van der Waals surface area contributed by atoms with Crippen molar-refractivity contribution in [1.29, 1.82) is 0 Å². The molecule has 2 nitrogen and oxygen atoms in total. The van der Waals surface area contributed by atoms with E-state index in [2.05, 4.69) is 18.0 Å². The predicted octanol–water partition coefficient (Wildman–Crippen LogP) is -1.03. The molecule has 0 heterocycles. The molecule has 0 saturated heterocycles. The van der Waals surface area contributed by atoms with Gasteiger partial charge in [-0.05, 0) is 6.07 Å². The molecule has 1 aromatic rings. The molecule has 1 N–H and O–H groups in total. The lowest BCUT2D eigenvalue weighted by Gasteiger charge is -2.07. The van der Waals surface area contributed by atoms with Gasteiger partial charge in [-0.15, -0.1) is 6.58 Å². The summed E-state index contributed by atoms with van der Waals surface area (Å²) in [5, 5.41) is 3.23. The Morgan fingerprint density at radius 2 is 2.14 bits per heavy atom. The van der Waals surface area contributed by atoms with Gasteiger partial charge in [0.15, 0.2) is 0 Å². The van der Waals surface area contributed by atoms with E-state index in [1.165, 1.54) is 5.56 Å². The summed E-state index contributed by atoms with van der Waals surface area (Å²) in [5.41, 5.74) is 1.17. The summed E-state index contributed by atoms with van der Waals surface area (Å²) in [6, 6.07) is 7.99. The van der Waals surface area contributed by atoms with Gasteiger partial charge in [-0.2, -0.15) is 0 Å². The van der Waals surface area contributed by atoms with Crippen LogP contribution in [0.5, 0.6) is 5.75 Å². The SMILES string of the molecule is C=CCNCc1ccccc1OC.[Cl-]. The van der Waals surface area contributed by atoms with Crippen LogP contribution in [0.3, 0.4) is 0 Å². The van der Waals surface area contributed by atoms with Crippen LogP contribution in [0.25, 0.3) is 0 Å². The zero-order valence-corrected chi connectivity index (χ0v) is 9.05. The minimum atomic E-state index is 0. The molecule has 0 aromatic heterocycles. The van der Waals surface area contributed by atoms with E-state index < -0.39 is 0 Å². The standard InChI is InChI=1S/C11H15NO.ClH/c1-3-8-12-9-10-6-4-5-7-11(10)13-2;/h3-7,12H,1,8-9H2,2H3;1H/p-1. The van der Waals surface area contributed by atoms with Gasteiger partial charge in [0.05, 0.1) is 7.11 Å². The Labute approximate surface area is 91.4 Å². The third kappa shape index (κ3) is 3.81. The first-order valence-electron chi connectivity index (χ1n) is 4.32. The minimum Gasteiger partial charge on any atom is -1.00 e. The molecule has 0 atom stereocenters. The van der Waals surface area contributed by atoms with Crippen molar-refractivity contribution in [1.82, 2.24) is 5.32 Å². The molecule has 0 saturated carbocycles. The van der Waals surface area contributed by atoms with Crippen molar-refractivity contribution in [3.8, 4) is 5.75 Å². The van der Waals surface area contributed by atoms with Crippen molar-refractivity contribution in [2.24, 2.45) is 0 Å². The van der Waals surface area contributed by atoms with Crippen LogP contribution in [-0.4, -0.2) is 13.7 Å². The highest BCUT2D eigenvalue weighted by Crippen LogP contribution is 2.16. The van der Waals surface area contributed by atoms with Gasteiger partial charge >= 0.3 is 0 Å². The summed E-state index contributed by atoms with van der Waals surface area (Å²) in [7, 11) is 1.69. The normalized spacial score (nSPS) is 8.93. The number of nitrogens with one attached hydrogen (secondary N) is 1. The lowest BCUT2D eigenvalue weighted by Crippen LogP contribution is -3.00. The number of benzene rings is 1. The molecule has 0 radical (unpaired) electrons. The fourth-order valence-electron chi connectivity index (χ4n) is 1.16. The Hall–Kier alpha value is -0.990. The number of rotatable bonds is 5. The molecule has 0 bridgehead atoms. The average Bonchev–Trinajstić information content (AvgIpc) is 2.19. The number of hydrogen-bond donors (Lipinski definition) is 1. The van der Waals surface area contributed by atoms with E-state index >= 15 is 0 Å². The van der Waals surface area contributed by atoms with Crippen LogP contribution in [0.1, 0.15) is 5.56 Å². The number of methoxy groups -OCH3 is 1. The van der Waals surface area contributed by atoms with E-state index in [1.807, 2.05) is 24.3 Å². The van der Waals surface area contributed by atoms with E-state index in [-0.39, 0.29) is 12.4 Å². The summed E-state index contributed by atoms with van der Waals surface area (Å²) in [5.74, 6) is 0.930. The minimum absolute atomic E-state index is 0. The molecular formula is C11H15ClNO-. The molecule has 78 valence electrons. The molecule has 0 unspecified atom stereocenters. The molecule has 0 aliphatic rings. The van der Waals surface area contributed by atoms with Crippen LogP contribution >= 0.6 is 0 Å². The highest BCUT2D eigenvalue weighted by Gasteiger charge is 1.98. The predicted molar refractivity (Wildman–Crippen MR) is 54.9 cm³/mol. The third-order valence-corrected chi connectivity index (χ3v) is 1.80. The second-order valence-electron chi connectivity index (χ2n) is 2.73. The molecule has 1 aromatic carbocycles. The van der Waals surface area contributed by atoms with Crippen LogP contribution < -0.4 is 22.5 Å². The Kier molecular flexibility index (Phi) is 6.89. The molecule has 0 aliphatic carbocycles. The van der Waals surface area contributed by atoms with E-state index in [9.17, 15) is 0 Å². The van der Waals surface area contributed by atoms with Crippen LogP contribution in [-0.2, 0) is 6.54 Å². The van der Waals surface area contributed by atoms with Gasteiger partial charge in [0.1, 0.15) is 5.75 Å². The first-order valence-corrected chi connectivity index (χ1v) is 4.32. The Bertz CT molecular complexity index is 276. The molecule has 0 amide bonds. The van der Waals surface area contributed by atoms with Crippen LogP contribution in [0, 0.1) is 0 Å². The maximum absolute atomic E-state index is 5.21. The fourth-order valence-corrected chi connectivity index (χ4v) is 1.16. The average molecular weight is 213 g/mol. The smallest absolute Gasteiger partial charge is 0.123 e. The second-order valence-corrected chi connectivity index (χ2v) is 2.73. The van der Waals surface area contributed by atoms with Gasteiger partial charge in [0.25, 0.3) is 0 Å². The van der Waals surface area contributed by atoms with Crippen molar-refractivity contribution in [3.05, 3.63) is 42.5 Å². The van der Waals surface area contributed by atoms with Crippen LogP contribution in [0.2, 0.25) is 0 Å². The van der Waals surface area contributed by atoms with Gasteiger partial charge in [-0.1, -0.05) is 24.3 Å². The molecule has 0 spiro atoms. The number of para-hydroxylation sites is 1. The van der Waals surface area contributed by atoms with E-state index in [4.69, 9.17) is 4.74 Å². The molecule has 1 rings (SSSR count). The maximum atomic E-state index is 5.21. The molecule has 3 heteroatoms. The number of ether oxygens (including phenoxy) is 1. The highest BCUT2D eigenvalue weighted by molar-refractivity contribution is 5.32. The molecular weight excluding hydrogens is 198 g/mol. The summed E-state index contributed by atoms with van der Waals surface area (Å²) in [6.45, 7) is 5.27. The lowest BCUT2D eigenvalue weighted by molar-refractivity contribution is -0.00000300. The van der Waals surface area contributed by atoms with Crippen molar-refractivity contribution in [2.45, 2.75) is 6.54 Å². The Morgan fingerprint density at radius 1 is 1.43 bits per heavy atom. The summed E-state index contributed by atoms with van der Waals surface area (Å²) in [6.07, 6.45) is 1.84. The first-order chi connectivity index (χ1) is 6.38. The van der Waals surface area contributed by atoms with Gasteiger partial charge in [0.2, 0.25) is 0 Å². The van der Waals surface area contributed by atoms with Crippen LogP contribution in [0.15, 0.2) is 36.9 Å². The summed E-state index contributed by atoms with van der Waals surface area (Å²) >= 11 is 0. The zero-order chi connectivity index (χ0) is 9.52. The van der Waals surface area contributed by atoms with Crippen molar-refractivity contribution >= 4 is 0 Å². The van der Waals surface area contributed by atoms with Crippen molar-refractivity contribution in [2.75, 3.05) is 13.7 Å². The molecule has 0 fully saturated rings. The zero-order valence-electron chi connectivity index (χ0n) is 8.29. The largest absolute Gasteiger partial charge is 1.00 e. The van der Waals surface area contributed by atoms with Gasteiger partial charge in [0, 0.05) is 18.7 Å². The molecule has 14 heavy (non-hydrogen) atoms. The van der Waals surface area contributed by atoms with Crippen molar-refractivity contribution < 1.29 is 17.1 Å². The topological polar surface area (TPSA) is 21.3 Å².